The van der Waals surface area contributed by atoms with Gasteiger partial charge >= 0.3 is 0 Å². The summed E-state index contributed by atoms with van der Waals surface area (Å²) < 4.78 is 0. The Morgan fingerprint density at radius 2 is 0.909 bits per heavy atom. The fourth-order valence-corrected chi connectivity index (χ4v) is 7.77. The molecular weight excluding hydrogens is 585 g/mol. The average Bonchev–Trinajstić information content (AvgIpc) is 3.61. The first-order valence-electron chi connectivity index (χ1n) is 14.8. The molecule has 0 unspecified atom stereocenters. The van der Waals surface area contributed by atoms with Crippen molar-refractivity contribution >= 4 is 55.2 Å². The van der Waals surface area contributed by atoms with Crippen LogP contribution in [0.25, 0.3) is 21.8 Å². The second-order valence-electron chi connectivity index (χ2n) is 10.6. The molecule has 0 aliphatic carbocycles. The monoisotopic (exact) mass is 618 g/mol. The minimum atomic E-state index is 0.0335. The number of aromatic amines is 2. The van der Waals surface area contributed by atoms with E-state index in [4.69, 9.17) is 0 Å². The standard InChI is InChI=1S/C36H34N4O2S2/c41-33(37-23-25-11-3-1-4-12-25)21-19-29-27-15-7-9-17-31(27)39-35(29)43-44-36-30(28-16-8-10-18-32(28)40-36)20-22-34(42)38-24-26-13-5-2-6-14-26/h1-18,39-40H,19-24H2,(H,37,41)(H,38,42). The van der Waals surface area contributed by atoms with Gasteiger partial charge in [0.15, 0.2) is 0 Å². The lowest BCUT2D eigenvalue weighted by Crippen LogP contribution is -2.23. The van der Waals surface area contributed by atoms with Crippen LogP contribution in [-0.2, 0) is 35.5 Å². The van der Waals surface area contributed by atoms with Crippen LogP contribution < -0.4 is 10.6 Å². The summed E-state index contributed by atoms with van der Waals surface area (Å²) in [5, 5.41) is 10.5. The van der Waals surface area contributed by atoms with Gasteiger partial charge in [-0.2, -0.15) is 0 Å². The van der Waals surface area contributed by atoms with E-state index in [-0.39, 0.29) is 11.8 Å². The third-order valence-corrected chi connectivity index (χ3v) is 9.99. The minimum absolute atomic E-state index is 0.0335. The minimum Gasteiger partial charge on any atom is -0.352 e. The van der Waals surface area contributed by atoms with Crippen molar-refractivity contribution in [2.45, 2.75) is 48.8 Å². The number of H-pyrrole nitrogens is 2. The van der Waals surface area contributed by atoms with Crippen molar-refractivity contribution in [1.29, 1.82) is 0 Å². The number of carbonyl (C=O) groups is 2. The molecule has 0 atom stereocenters. The maximum Gasteiger partial charge on any atom is 0.220 e. The largest absolute Gasteiger partial charge is 0.352 e. The van der Waals surface area contributed by atoms with Crippen LogP contribution in [0.15, 0.2) is 119 Å². The van der Waals surface area contributed by atoms with Crippen molar-refractivity contribution in [1.82, 2.24) is 20.6 Å². The molecule has 8 heteroatoms. The van der Waals surface area contributed by atoms with E-state index in [1.54, 1.807) is 21.6 Å². The van der Waals surface area contributed by atoms with Gasteiger partial charge in [0.1, 0.15) is 0 Å². The molecule has 6 nitrogen and oxygen atoms in total. The Balaban J connectivity index is 1.14. The maximum atomic E-state index is 12.8. The molecule has 222 valence electrons. The van der Waals surface area contributed by atoms with Gasteiger partial charge in [-0.3, -0.25) is 9.59 Å². The summed E-state index contributed by atoms with van der Waals surface area (Å²) in [5.41, 5.74) is 6.58. The number of carbonyl (C=O) groups excluding carboxylic acids is 2. The molecule has 0 saturated carbocycles. The van der Waals surface area contributed by atoms with Gasteiger partial charge in [-0.05, 0) is 68.8 Å². The molecule has 4 aromatic carbocycles. The number of nitrogens with one attached hydrogen (secondary N) is 4. The third-order valence-electron chi connectivity index (χ3n) is 7.63. The van der Waals surface area contributed by atoms with Crippen LogP contribution in [-0.4, -0.2) is 21.8 Å². The van der Waals surface area contributed by atoms with E-state index in [0.717, 1.165) is 54.1 Å². The van der Waals surface area contributed by atoms with E-state index in [1.807, 2.05) is 84.9 Å². The van der Waals surface area contributed by atoms with Gasteiger partial charge in [0.25, 0.3) is 0 Å². The summed E-state index contributed by atoms with van der Waals surface area (Å²) >= 11 is 0. The van der Waals surface area contributed by atoms with Crippen LogP contribution in [0.3, 0.4) is 0 Å². The zero-order valence-corrected chi connectivity index (χ0v) is 25.9. The second kappa shape index (κ2) is 14.4. The molecule has 0 fully saturated rings. The highest BCUT2D eigenvalue weighted by Crippen LogP contribution is 2.44. The molecule has 0 bridgehead atoms. The van der Waals surface area contributed by atoms with Crippen LogP contribution >= 0.6 is 21.6 Å². The zero-order chi connectivity index (χ0) is 30.1. The van der Waals surface area contributed by atoms with Crippen molar-refractivity contribution < 1.29 is 9.59 Å². The van der Waals surface area contributed by atoms with Gasteiger partial charge in [-0.15, -0.1) is 0 Å². The molecule has 2 heterocycles. The van der Waals surface area contributed by atoms with E-state index in [0.29, 0.717) is 38.8 Å². The number of amides is 2. The van der Waals surface area contributed by atoms with E-state index in [9.17, 15) is 9.59 Å². The molecule has 0 radical (unpaired) electrons. The lowest BCUT2D eigenvalue weighted by Gasteiger charge is -2.08. The summed E-state index contributed by atoms with van der Waals surface area (Å²) in [5.74, 6) is 0.0670. The summed E-state index contributed by atoms with van der Waals surface area (Å²) in [6.07, 6.45) is 2.08. The molecule has 0 saturated heterocycles. The Hall–Kier alpha value is -4.40. The number of aryl methyl sites for hydroxylation is 2. The molecule has 6 rings (SSSR count). The quantitative estimate of drug-likeness (QED) is 0.0990. The molecule has 44 heavy (non-hydrogen) atoms. The van der Waals surface area contributed by atoms with Crippen LogP contribution in [0, 0.1) is 0 Å². The summed E-state index contributed by atoms with van der Waals surface area (Å²) in [6, 6.07) is 36.4. The SMILES string of the molecule is O=C(CCc1c(SSc2[nH]c3ccccc3c2CCC(=O)NCc2ccccc2)[nH]c2ccccc12)NCc1ccccc1. The van der Waals surface area contributed by atoms with E-state index >= 15 is 0 Å². The number of rotatable bonds is 13. The van der Waals surface area contributed by atoms with Crippen LogP contribution in [0.1, 0.15) is 35.1 Å². The Morgan fingerprint density at radius 1 is 0.523 bits per heavy atom. The Bertz CT molecular complexity index is 1730. The van der Waals surface area contributed by atoms with E-state index in [2.05, 4.69) is 44.9 Å². The number of hydrogen-bond acceptors (Lipinski definition) is 4. The van der Waals surface area contributed by atoms with E-state index < -0.39 is 0 Å². The molecule has 6 aromatic rings. The van der Waals surface area contributed by atoms with Crippen molar-refractivity contribution in [2.75, 3.05) is 0 Å². The van der Waals surface area contributed by atoms with Gasteiger partial charge in [0.05, 0.1) is 10.1 Å². The zero-order valence-electron chi connectivity index (χ0n) is 24.3. The molecular formula is C36H34N4O2S2. The normalized spacial score (nSPS) is 11.2. The number of benzene rings is 4. The predicted octanol–water partition coefficient (Wildman–Crippen LogP) is 7.95. The summed E-state index contributed by atoms with van der Waals surface area (Å²) in [7, 11) is 3.31. The summed E-state index contributed by atoms with van der Waals surface area (Å²) in [4.78, 5) is 32.7. The molecule has 0 aliphatic rings. The molecule has 0 spiro atoms. The first-order valence-corrected chi connectivity index (χ1v) is 16.9. The first-order chi connectivity index (χ1) is 21.6. The Morgan fingerprint density at radius 3 is 1.34 bits per heavy atom. The second-order valence-corrected chi connectivity index (χ2v) is 12.8. The smallest absolute Gasteiger partial charge is 0.220 e. The van der Waals surface area contributed by atoms with Gasteiger partial charge in [0, 0.05) is 47.7 Å². The first kappa shape index (κ1) is 29.7. The van der Waals surface area contributed by atoms with Crippen molar-refractivity contribution in [3.8, 4) is 0 Å². The topological polar surface area (TPSA) is 89.8 Å². The van der Waals surface area contributed by atoms with Gasteiger partial charge < -0.3 is 20.6 Å². The van der Waals surface area contributed by atoms with Crippen LogP contribution in [0.4, 0.5) is 0 Å². The third kappa shape index (κ3) is 7.38. The Labute approximate surface area is 264 Å². The highest BCUT2D eigenvalue weighted by molar-refractivity contribution is 8.76. The number of aromatic nitrogens is 2. The molecule has 2 amide bonds. The van der Waals surface area contributed by atoms with Crippen LogP contribution in [0.2, 0.25) is 0 Å². The number of para-hydroxylation sites is 2. The molecule has 4 N–H and O–H groups in total. The lowest BCUT2D eigenvalue weighted by molar-refractivity contribution is -0.122. The van der Waals surface area contributed by atoms with E-state index in [1.165, 1.54) is 0 Å². The summed E-state index contributed by atoms with van der Waals surface area (Å²) in [6.45, 7) is 1.05. The van der Waals surface area contributed by atoms with Gasteiger partial charge in [-0.25, -0.2) is 0 Å². The van der Waals surface area contributed by atoms with Crippen molar-refractivity contribution in [3.63, 3.8) is 0 Å². The molecule has 2 aromatic heterocycles. The van der Waals surface area contributed by atoms with Gasteiger partial charge in [-0.1, -0.05) is 97.1 Å². The lowest BCUT2D eigenvalue weighted by atomic mass is 10.1. The maximum absolute atomic E-state index is 12.8. The van der Waals surface area contributed by atoms with Gasteiger partial charge in [0.2, 0.25) is 11.8 Å². The van der Waals surface area contributed by atoms with Crippen molar-refractivity contribution in [3.05, 3.63) is 131 Å². The number of hydrogen-bond donors (Lipinski definition) is 4. The predicted molar refractivity (Wildman–Crippen MR) is 182 cm³/mol. The van der Waals surface area contributed by atoms with Crippen molar-refractivity contribution in [2.24, 2.45) is 0 Å². The van der Waals surface area contributed by atoms with Crippen LogP contribution in [0.5, 0.6) is 0 Å². The fraction of sp³-hybridized carbons (Fsp3) is 0.167. The highest BCUT2D eigenvalue weighted by atomic mass is 33.1. The molecule has 0 aliphatic heterocycles. The Kier molecular flexibility index (Phi) is 9.70. The fourth-order valence-electron chi connectivity index (χ4n) is 5.32. The number of fused-ring (bicyclic) bond motifs is 2. The highest BCUT2D eigenvalue weighted by Gasteiger charge is 2.18. The average molecular weight is 619 g/mol.